The maximum Gasteiger partial charge on any atom is 0.258 e. The van der Waals surface area contributed by atoms with E-state index in [1.807, 2.05) is 67.6 Å². The van der Waals surface area contributed by atoms with Crippen molar-refractivity contribution in [3.05, 3.63) is 89.5 Å². The van der Waals surface area contributed by atoms with Crippen LogP contribution in [0.15, 0.2) is 72.8 Å². The summed E-state index contributed by atoms with van der Waals surface area (Å²) in [6.45, 7) is 2.87. The molecule has 1 aliphatic heterocycles. The van der Waals surface area contributed by atoms with Gasteiger partial charge in [-0.3, -0.25) is 4.79 Å². The number of nitrogens with one attached hydrogen (secondary N) is 1. The molecule has 0 aromatic heterocycles. The van der Waals surface area contributed by atoms with E-state index in [4.69, 9.17) is 14.2 Å². The van der Waals surface area contributed by atoms with Crippen molar-refractivity contribution in [1.29, 1.82) is 0 Å². The first-order valence-corrected chi connectivity index (χ1v) is 9.24. The SMILES string of the molecule is CCOc1cc([C@H]2NC(=O)c3ccccc3O2)ccc1OCc1ccccc1. The summed E-state index contributed by atoms with van der Waals surface area (Å²) in [6.07, 6.45) is -0.579. The zero-order chi connectivity index (χ0) is 19.3. The molecule has 0 aliphatic carbocycles. The van der Waals surface area contributed by atoms with Crippen LogP contribution in [0.4, 0.5) is 0 Å². The van der Waals surface area contributed by atoms with Crippen molar-refractivity contribution in [3.8, 4) is 17.2 Å². The number of para-hydroxylation sites is 1. The van der Waals surface area contributed by atoms with Gasteiger partial charge in [-0.2, -0.15) is 0 Å². The number of hydrogen-bond acceptors (Lipinski definition) is 4. The van der Waals surface area contributed by atoms with E-state index < -0.39 is 6.23 Å². The predicted molar refractivity (Wildman–Crippen MR) is 106 cm³/mol. The monoisotopic (exact) mass is 375 g/mol. The molecule has 0 fully saturated rings. The van der Waals surface area contributed by atoms with Crippen molar-refractivity contribution in [1.82, 2.24) is 5.32 Å². The Morgan fingerprint density at radius 2 is 1.71 bits per heavy atom. The quantitative estimate of drug-likeness (QED) is 0.690. The minimum atomic E-state index is -0.579. The summed E-state index contributed by atoms with van der Waals surface area (Å²) in [5.41, 5.74) is 2.40. The van der Waals surface area contributed by atoms with Crippen LogP contribution in [0.3, 0.4) is 0 Å². The lowest BCUT2D eigenvalue weighted by Gasteiger charge is -2.27. The Labute approximate surface area is 163 Å². The Kier molecular flexibility index (Phi) is 5.15. The van der Waals surface area contributed by atoms with Gasteiger partial charge in [-0.15, -0.1) is 0 Å². The highest BCUT2D eigenvalue weighted by molar-refractivity contribution is 5.98. The van der Waals surface area contributed by atoms with Crippen LogP contribution in [0.1, 0.15) is 34.6 Å². The van der Waals surface area contributed by atoms with E-state index in [2.05, 4.69) is 5.32 Å². The third-order valence-electron chi connectivity index (χ3n) is 4.45. The van der Waals surface area contributed by atoms with Gasteiger partial charge in [0.25, 0.3) is 5.91 Å². The molecule has 0 bridgehead atoms. The van der Waals surface area contributed by atoms with Crippen LogP contribution in [-0.2, 0) is 6.61 Å². The van der Waals surface area contributed by atoms with E-state index >= 15 is 0 Å². The lowest BCUT2D eigenvalue weighted by atomic mass is 10.1. The maximum absolute atomic E-state index is 12.4. The molecule has 0 unspecified atom stereocenters. The average molecular weight is 375 g/mol. The van der Waals surface area contributed by atoms with Crippen molar-refractivity contribution in [2.24, 2.45) is 0 Å². The largest absolute Gasteiger partial charge is 0.490 e. The number of hydrogen-bond donors (Lipinski definition) is 1. The highest BCUT2D eigenvalue weighted by atomic mass is 16.5. The smallest absolute Gasteiger partial charge is 0.258 e. The topological polar surface area (TPSA) is 56.8 Å². The van der Waals surface area contributed by atoms with E-state index in [0.717, 1.165) is 11.1 Å². The molecule has 1 N–H and O–H groups in total. The van der Waals surface area contributed by atoms with E-state index in [-0.39, 0.29) is 5.91 Å². The second kappa shape index (κ2) is 8.05. The number of ether oxygens (including phenoxy) is 3. The van der Waals surface area contributed by atoms with Crippen LogP contribution in [0.2, 0.25) is 0 Å². The van der Waals surface area contributed by atoms with Gasteiger partial charge in [0.1, 0.15) is 12.4 Å². The Morgan fingerprint density at radius 3 is 2.54 bits per heavy atom. The van der Waals surface area contributed by atoms with Crippen LogP contribution in [0.5, 0.6) is 17.2 Å². The van der Waals surface area contributed by atoms with Gasteiger partial charge in [0, 0.05) is 5.56 Å². The molecule has 5 nitrogen and oxygen atoms in total. The first kappa shape index (κ1) is 17.9. The molecule has 1 atom stereocenters. The number of amides is 1. The Hall–Kier alpha value is -3.47. The number of fused-ring (bicyclic) bond motifs is 1. The zero-order valence-electron chi connectivity index (χ0n) is 15.6. The molecule has 0 saturated carbocycles. The second-order valence-electron chi connectivity index (χ2n) is 6.38. The second-order valence-corrected chi connectivity index (χ2v) is 6.38. The summed E-state index contributed by atoms with van der Waals surface area (Å²) < 4.78 is 17.7. The molecule has 3 aromatic rings. The third-order valence-corrected chi connectivity index (χ3v) is 4.45. The lowest BCUT2D eigenvalue weighted by molar-refractivity contribution is 0.0755. The molecule has 142 valence electrons. The summed E-state index contributed by atoms with van der Waals surface area (Å²) in [5, 5.41) is 2.88. The summed E-state index contributed by atoms with van der Waals surface area (Å²) in [6, 6.07) is 22.7. The molecule has 28 heavy (non-hydrogen) atoms. The van der Waals surface area contributed by atoms with Gasteiger partial charge in [-0.1, -0.05) is 42.5 Å². The van der Waals surface area contributed by atoms with Gasteiger partial charge < -0.3 is 19.5 Å². The molecule has 1 amide bonds. The number of carbonyl (C=O) groups is 1. The summed E-state index contributed by atoms with van der Waals surface area (Å²) in [4.78, 5) is 12.4. The average Bonchev–Trinajstić information content (AvgIpc) is 2.74. The summed E-state index contributed by atoms with van der Waals surface area (Å²) >= 11 is 0. The van der Waals surface area contributed by atoms with Crippen LogP contribution in [0, 0.1) is 0 Å². The molecule has 5 heteroatoms. The summed E-state index contributed by atoms with van der Waals surface area (Å²) in [5.74, 6) is 1.68. The van der Waals surface area contributed by atoms with Crippen molar-refractivity contribution in [3.63, 3.8) is 0 Å². The molecule has 1 aliphatic rings. The minimum absolute atomic E-state index is 0.158. The van der Waals surface area contributed by atoms with Crippen molar-refractivity contribution in [2.75, 3.05) is 6.61 Å². The number of carbonyl (C=O) groups excluding carboxylic acids is 1. The Balaban J connectivity index is 1.56. The van der Waals surface area contributed by atoms with Crippen LogP contribution >= 0.6 is 0 Å². The van der Waals surface area contributed by atoms with Crippen molar-refractivity contribution < 1.29 is 19.0 Å². The van der Waals surface area contributed by atoms with Crippen LogP contribution in [-0.4, -0.2) is 12.5 Å². The lowest BCUT2D eigenvalue weighted by Crippen LogP contribution is -2.36. The molecule has 3 aromatic carbocycles. The first-order valence-electron chi connectivity index (χ1n) is 9.24. The van der Waals surface area contributed by atoms with Gasteiger partial charge >= 0.3 is 0 Å². The predicted octanol–water partition coefficient (Wildman–Crippen LogP) is 4.49. The van der Waals surface area contributed by atoms with Gasteiger partial charge in [-0.05, 0) is 42.8 Å². The van der Waals surface area contributed by atoms with E-state index in [9.17, 15) is 4.79 Å². The fourth-order valence-electron chi connectivity index (χ4n) is 3.07. The normalized spacial score (nSPS) is 15.2. The highest BCUT2D eigenvalue weighted by Gasteiger charge is 2.27. The number of benzene rings is 3. The standard InChI is InChI=1S/C23H21NO4/c1-2-26-21-14-17(12-13-20(21)27-15-16-8-4-3-5-9-16)23-24-22(25)18-10-6-7-11-19(18)28-23/h3-14,23H,2,15H2,1H3,(H,24,25)/t23-/m0/s1. The van der Waals surface area contributed by atoms with Crippen molar-refractivity contribution in [2.45, 2.75) is 19.8 Å². The van der Waals surface area contributed by atoms with Gasteiger partial charge in [0.15, 0.2) is 17.7 Å². The van der Waals surface area contributed by atoms with E-state index in [1.165, 1.54) is 0 Å². The fourth-order valence-corrected chi connectivity index (χ4v) is 3.07. The fraction of sp³-hybridized carbons (Fsp3) is 0.174. The van der Waals surface area contributed by atoms with E-state index in [0.29, 0.717) is 36.0 Å². The van der Waals surface area contributed by atoms with Crippen LogP contribution < -0.4 is 19.5 Å². The minimum Gasteiger partial charge on any atom is -0.490 e. The third kappa shape index (κ3) is 3.78. The van der Waals surface area contributed by atoms with Crippen molar-refractivity contribution >= 4 is 5.91 Å². The number of rotatable bonds is 6. The molecule has 0 spiro atoms. The molecular formula is C23H21NO4. The molecule has 0 saturated heterocycles. The molecular weight excluding hydrogens is 354 g/mol. The van der Waals surface area contributed by atoms with Gasteiger partial charge in [0.2, 0.25) is 0 Å². The van der Waals surface area contributed by atoms with Gasteiger partial charge in [-0.25, -0.2) is 0 Å². The maximum atomic E-state index is 12.4. The Morgan fingerprint density at radius 1 is 0.929 bits per heavy atom. The molecule has 1 heterocycles. The highest BCUT2D eigenvalue weighted by Crippen LogP contribution is 2.34. The Bertz CT molecular complexity index is 971. The molecule has 4 rings (SSSR count). The van der Waals surface area contributed by atoms with Crippen LogP contribution in [0.25, 0.3) is 0 Å². The summed E-state index contributed by atoms with van der Waals surface area (Å²) in [7, 11) is 0. The van der Waals surface area contributed by atoms with E-state index in [1.54, 1.807) is 12.1 Å². The van der Waals surface area contributed by atoms with Gasteiger partial charge in [0.05, 0.1) is 12.2 Å². The molecule has 0 radical (unpaired) electrons. The zero-order valence-corrected chi connectivity index (χ0v) is 15.6. The first-order chi connectivity index (χ1) is 13.7.